The van der Waals surface area contributed by atoms with Crippen LogP contribution >= 0.6 is 0 Å². The Morgan fingerprint density at radius 2 is 1.79 bits per heavy atom. The van der Waals surface area contributed by atoms with Crippen molar-refractivity contribution in [2.45, 2.75) is 12.8 Å². The molecule has 0 saturated heterocycles. The van der Waals surface area contributed by atoms with E-state index >= 15 is 0 Å². The highest BCUT2D eigenvalue weighted by molar-refractivity contribution is 6.00. The van der Waals surface area contributed by atoms with Crippen molar-refractivity contribution in [2.24, 2.45) is 11.8 Å². The summed E-state index contributed by atoms with van der Waals surface area (Å²) < 4.78 is 10.5. The highest BCUT2D eigenvalue weighted by atomic mass is 16.5. The Kier molecular flexibility index (Phi) is 6.35. The first-order valence-electron chi connectivity index (χ1n) is 9.36. The van der Waals surface area contributed by atoms with Gasteiger partial charge in [0.25, 0.3) is 0 Å². The summed E-state index contributed by atoms with van der Waals surface area (Å²) in [5.41, 5.74) is 1.89. The minimum Gasteiger partial charge on any atom is -0.493 e. The van der Waals surface area contributed by atoms with Gasteiger partial charge in [0.2, 0.25) is 11.8 Å². The molecule has 0 aliphatic heterocycles. The van der Waals surface area contributed by atoms with Gasteiger partial charge in [-0.2, -0.15) is 5.26 Å². The van der Waals surface area contributed by atoms with Gasteiger partial charge in [-0.1, -0.05) is 18.2 Å². The predicted octanol–water partition coefficient (Wildman–Crippen LogP) is 2.51. The van der Waals surface area contributed by atoms with Gasteiger partial charge in [0.1, 0.15) is 6.07 Å². The zero-order valence-electron chi connectivity index (χ0n) is 16.4. The van der Waals surface area contributed by atoms with Crippen molar-refractivity contribution >= 4 is 17.5 Å². The number of nitriles is 1. The van der Waals surface area contributed by atoms with E-state index in [4.69, 9.17) is 14.7 Å². The number of anilines is 1. The van der Waals surface area contributed by atoms with Gasteiger partial charge in [-0.15, -0.1) is 0 Å². The molecule has 29 heavy (non-hydrogen) atoms. The number of hydrogen-bond donors (Lipinski definition) is 2. The molecular weight excluding hydrogens is 370 g/mol. The van der Waals surface area contributed by atoms with Gasteiger partial charge in [0.15, 0.2) is 11.5 Å². The average Bonchev–Trinajstić information content (AvgIpc) is 3.55. The lowest BCUT2D eigenvalue weighted by molar-refractivity contribution is -0.125. The molecule has 0 aromatic heterocycles. The number of nitrogens with zero attached hydrogens (tertiary/aromatic N) is 1. The van der Waals surface area contributed by atoms with E-state index in [1.54, 1.807) is 38.5 Å². The zero-order valence-corrected chi connectivity index (χ0v) is 16.4. The molecule has 2 aromatic carbocycles. The Balaban J connectivity index is 1.47. The molecule has 7 nitrogen and oxygen atoms in total. The zero-order chi connectivity index (χ0) is 20.8. The van der Waals surface area contributed by atoms with Gasteiger partial charge in [0, 0.05) is 6.54 Å². The molecule has 1 aliphatic carbocycles. The molecule has 1 fully saturated rings. The van der Waals surface area contributed by atoms with Gasteiger partial charge in [-0.05, 0) is 42.7 Å². The number of benzene rings is 2. The molecular formula is C22H23N3O4. The van der Waals surface area contributed by atoms with Crippen molar-refractivity contribution in [3.63, 3.8) is 0 Å². The molecule has 2 aromatic rings. The van der Waals surface area contributed by atoms with E-state index in [1.165, 1.54) is 0 Å². The molecule has 1 saturated carbocycles. The lowest BCUT2D eigenvalue weighted by Gasteiger charge is -2.10. The largest absolute Gasteiger partial charge is 0.493 e. The molecule has 0 spiro atoms. The Hall–Kier alpha value is -3.53. The minimum atomic E-state index is -0.358. The molecule has 2 N–H and O–H groups in total. The number of amides is 2. The van der Waals surface area contributed by atoms with Crippen molar-refractivity contribution in [3.05, 3.63) is 53.6 Å². The van der Waals surface area contributed by atoms with Crippen LogP contribution in [0.3, 0.4) is 0 Å². The normalized spacial score (nSPS) is 17.0. The standard InChI is InChI=1S/C22H23N3O4/c1-28-19-8-7-14(11-20(19)29-2)9-10-24-21(26)16-12-17(16)22(27)25-18-6-4-3-5-15(18)13-23/h3-8,11,16-17H,9-10,12H2,1-2H3,(H,24,26)(H,25,27). The summed E-state index contributed by atoms with van der Waals surface area (Å²) in [7, 11) is 3.16. The maximum absolute atomic E-state index is 12.4. The van der Waals surface area contributed by atoms with E-state index in [0.717, 1.165) is 5.56 Å². The van der Waals surface area contributed by atoms with Gasteiger partial charge in [-0.3, -0.25) is 9.59 Å². The smallest absolute Gasteiger partial charge is 0.228 e. The number of methoxy groups -OCH3 is 2. The lowest BCUT2D eigenvalue weighted by Crippen LogP contribution is -2.29. The number of rotatable bonds is 8. The molecule has 150 valence electrons. The third kappa shape index (κ3) is 4.85. The van der Waals surface area contributed by atoms with Crippen LogP contribution in [-0.4, -0.2) is 32.6 Å². The fourth-order valence-corrected chi connectivity index (χ4v) is 3.19. The number of nitrogens with one attached hydrogen (secondary N) is 2. The van der Waals surface area contributed by atoms with Crippen LogP contribution in [0.1, 0.15) is 17.5 Å². The Morgan fingerprint density at radius 3 is 2.52 bits per heavy atom. The van der Waals surface area contributed by atoms with Crippen LogP contribution in [0.2, 0.25) is 0 Å². The first-order chi connectivity index (χ1) is 14.1. The fourth-order valence-electron chi connectivity index (χ4n) is 3.19. The molecule has 0 bridgehead atoms. The van der Waals surface area contributed by atoms with Crippen LogP contribution in [0.15, 0.2) is 42.5 Å². The van der Waals surface area contributed by atoms with Gasteiger partial charge >= 0.3 is 0 Å². The highest BCUT2D eigenvalue weighted by Gasteiger charge is 2.47. The molecule has 2 amide bonds. The summed E-state index contributed by atoms with van der Waals surface area (Å²) in [6.45, 7) is 0.469. The second-order valence-corrected chi connectivity index (χ2v) is 6.83. The van der Waals surface area contributed by atoms with Crippen LogP contribution in [0, 0.1) is 23.2 Å². The van der Waals surface area contributed by atoms with Crippen molar-refractivity contribution in [3.8, 4) is 17.6 Å². The SMILES string of the molecule is COc1ccc(CCNC(=O)C2CC2C(=O)Nc2ccccc2C#N)cc1OC. The van der Waals surface area contributed by atoms with Crippen LogP contribution in [-0.2, 0) is 16.0 Å². The van der Waals surface area contributed by atoms with Crippen molar-refractivity contribution in [1.29, 1.82) is 5.26 Å². The van der Waals surface area contributed by atoms with Crippen molar-refractivity contribution < 1.29 is 19.1 Å². The third-order valence-corrected chi connectivity index (χ3v) is 4.93. The topological polar surface area (TPSA) is 100 Å². The summed E-state index contributed by atoms with van der Waals surface area (Å²) in [6, 6.07) is 14.5. The van der Waals surface area contributed by atoms with E-state index < -0.39 is 0 Å². The average molecular weight is 393 g/mol. The van der Waals surface area contributed by atoms with Crippen molar-refractivity contribution in [2.75, 3.05) is 26.1 Å². The quantitative estimate of drug-likeness (QED) is 0.718. The molecule has 0 heterocycles. The number of carbonyl (C=O) groups is 2. The summed E-state index contributed by atoms with van der Waals surface area (Å²) in [5, 5.41) is 14.7. The lowest BCUT2D eigenvalue weighted by atomic mass is 10.1. The fraction of sp³-hybridized carbons (Fsp3) is 0.318. The van der Waals surface area contributed by atoms with E-state index in [2.05, 4.69) is 10.6 Å². The second kappa shape index (κ2) is 9.11. The first kappa shape index (κ1) is 20.2. The number of para-hydroxylation sites is 1. The molecule has 1 aliphatic rings. The monoisotopic (exact) mass is 393 g/mol. The Morgan fingerprint density at radius 1 is 1.07 bits per heavy atom. The van der Waals surface area contributed by atoms with Crippen molar-refractivity contribution in [1.82, 2.24) is 5.32 Å². The number of carbonyl (C=O) groups excluding carboxylic acids is 2. The maximum Gasteiger partial charge on any atom is 0.228 e. The van der Waals surface area contributed by atoms with Crippen LogP contribution in [0.25, 0.3) is 0 Å². The van der Waals surface area contributed by atoms with E-state index in [1.807, 2.05) is 24.3 Å². The molecule has 2 atom stereocenters. The highest BCUT2D eigenvalue weighted by Crippen LogP contribution is 2.39. The third-order valence-electron chi connectivity index (χ3n) is 4.93. The van der Waals surface area contributed by atoms with E-state index in [-0.39, 0.29) is 23.7 Å². The molecule has 0 radical (unpaired) electrons. The summed E-state index contributed by atoms with van der Waals surface area (Å²) in [4.78, 5) is 24.7. The summed E-state index contributed by atoms with van der Waals surface area (Å²) in [5.74, 6) is 0.266. The maximum atomic E-state index is 12.4. The molecule has 7 heteroatoms. The number of ether oxygens (including phenoxy) is 2. The van der Waals surface area contributed by atoms with Gasteiger partial charge in [-0.25, -0.2) is 0 Å². The van der Waals surface area contributed by atoms with E-state index in [9.17, 15) is 9.59 Å². The summed E-state index contributed by atoms with van der Waals surface area (Å²) in [6.07, 6.45) is 1.16. The Bertz CT molecular complexity index is 951. The molecule has 2 unspecified atom stereocenters. The second-order valence-electron chi connectivity index (χ2n) is 6.83. The Labute approximate surface area is 169 Å². The van der Waals surface area contributed by atoms with Crippen LogP contribution in [0.5, 0.6) is 11.5 Å². The minimum absolute atomic E-state index is 0.126. The predicted molar refractivity (Wildman–Crippen MR) is 108 cm³/mol. The van der Waals surface area contributed by atoms with Crippen LogP contribution in [0.4, 0.5) is 5.69 Å². The first-order valence-corrected chi connectivity index (χ1v) is 9.36. The van der Waals surface area contributed by atoms with Gasteiger partial charge < -0.3 is 20.1 Å². The van der Waals surface area contributed by atoms with Crippen LogP contribution < -0.4 is 20.1 Å². The van der Waals surface area contributed by atoms with E-state index in [0.29, 0.717) is 42.1 Å². The molecule has 3 rings (SSSR count). The van der Waals surface area contributed by atoms with Gasteiger partial charge in [0.05, 0.1) is 37.3 Å². The summed E-state index contributed by atoms with van der Waals surface area (Å²) >= 11 is 0. The number of hydrogen-bond acceptors (Lipinski definition) is 5.